The zero-order valence-electron chi connectivity index (χ0n) is 10.7. The van der Waals surface area contributed by atoms with E-state index in [-0.39, 0.29) is 11.8 Å². The van der Waals surface area contributed by atoms with Gasteiger partial charge in [0, 0.05) is 18.9 Å². The molecule has 1 heterocycles. The molecule has 0 unspecified atom stereocenters. The minimum absolute atomic E-state index is 0.221. The Labute approximate surface area is 106 Å². The Bertz CT molecular complexity index is 443. The van der Waals surface area contributed by atoms with E-state index in [0.29, 0.717) is 30.6 Å². The van der Waals surface area contributed by atoms with Gasteiger partial charge in [-0.3, -0.25) is 4.79 Å². The van der Waals surface area contributed by atoms with Gasteiger partial charge in [0.05, 0.1) is 0 Å². The fraction of sp³-hybridized carbons (Fsp3) is 0.769. The lowest BCUT2D eigenvalue weighted by Gasteiger charge is -2.20. The lowest BCUT2D eigenvalue weighted by atomic mass is 9.88. The summed E-state index contributed by atoms with van der Waals surface area (Å²) in [5.74, 6) is 3.17. The van der Waals surface area contributed by atoms with Crippen molar-refractivity contribution in [2.24, 2.45) is 17.8 Å². The molecule has 2 aliphatic carbocycles. The first-order chi connectivity index (χ1) is 8.72. The lowest BCUT2D eigenvalue weighted by molar-refractivity contribution is -0.126. The molecule has 3 rings (SSSR count). The molecule has 5 heteroatoms. The van der Waals surface area contributed by atoms with Crippen molar-refractivity contribution in [2.75, 3.05) is 6.54 Å². The van der Waals surface area contributed by atoms with Crippen LogP contribution in [0.1, 0.15) is 37.4 Å². The number of aromatic nitrogens is 2. The molecule has 2 fully saturated rings. The molecular weight excluding hydrogens is 230 g/mol. The highest BCUT2D eigenvalue weighted by molar-refractivity contribution is 5.79. The molecule has 1 aromatic rings. The highest BCUT2D eigenvalue weighted by Gasteiger charge is 2.42. The van der Waals surface area contributed by atoms with Crippen LogP contribution in [0.3, 0.4) is 0 Å². The Morgan fingerprint density at radius 1 is 1.44 bits per heavy atom. The summed E-state index contributed by atoms with van der Waals surface area (Å²) in [6.07, 6.45) is 5.55. The molecule has 2 aliphatic rings. The first-order valence-corrected chi connectivity index (χ1v) is 6.79. The van der Waals surface area contributed by atoms with Crippen molar-refractivity contribution in [1.29, 1.82) is 0 Å². The quantitative estimate of drug-likeness (QED) is 0.877. The van der Waals surface area contributed by atoms with E-state index in [1.165, 1.54) is 19.3 Å². The number of hydrogen-bond donors (Lipinski definition) is 1. The summed E-state index contributed by atoms with van der Waals surface area (Å²) in [5.41, 5.74) is 0. The molecule has 2 saturated carbocycles. The Morgan fingerprint density at radius 3 is 2.94 bits per heavy atom. The van der Waals surface area contributed by atoms with Gasteiger partial charge < -0.3 is 9.84 Å². The number of nitrogens with zero attached hydrogens (tertiary/aromatic N) is 2. The topological polar surface area (TPSA) is 68.0 Å². The maximum Gasteiger partial charge on any atom is 0.228 e. The van der Waals surface area contributed by atoms with Gasteiger partial charge in [0.25, 0.3) is 0 Å². The molecule has 3 atom stereocenters. The van der Waals surface area contributed by atoms with E-state index in [0.717, 1.165) is 12.3 Å². The molecule has 1 N–H and O–H groups in total. The zero-order chi connectivity index (χ0) is 12.5. The number of carbonyl (C=O) groups excluding carboxylic acids is 1. The number of amides is 1. The van der Waals surface area contributed by atoms with E-state index >= 15 is 0 Å². The molecule has 0 aliphatic heterocycles. The monoisotopic (exact) mass is 249 g/mol. The Morgan fingerprint density at radius 2 is 2.33 bits per heavy atom. The molecular formula is C13H19N3O2. The molecule has 2 bridgehead atoms. The Hall–Kier alpha value is -1.39. The van der Waals surface area contributed by atoms with Crippen LogP contribution in [0, 0.1) is 24.7 Å². The minimum Gasteiger partial charge on any atom is -0.355 e. The zero-order valence-corrected chi connectivity index (χ0v) is 10.7. The summed E-state index contributed by atoms with van der Waals surface area (Å²) in [5, 5.41) is 6.72. The molecule has 1 aromatic heterocycles. The standard InChI is InChI=1S/C13H19N3O2/c1-8-15-12(18-16-8)4-5-14-13(17)11-7-9-2-3-10(11)6-9/h9-11H,2-7H2,1H3,(H,14,17)/t9-,10-,11+/m0/s1. The van der Waals surface area contributed by atoms with Crippen LogP contribution in [0.2, 0.25) is 0 Å². The molecule has 0 radical (unpaired) electrons. The van der Waals surface area contributed by atoms with Crippen molar-refractivity contribution < 1.29 is 9.32 Å². The van der Waals surface area contributed by atoms with Crippen LogP contribution in [0.4, 0.5) is 0 Å². The van der Waals surface area contributed by atoms with Crippen molar-refractivity contribution in [3.8, 4) is 0 Å². The van der Waals surface area contributed by atoms with Crippen molar-refractivity contribution in [3.05, 3.63) is 11.7 Å². The van der Waals surface area contributed by atoms with E-state index in [1.54, 1.807) is 6.92 Å². The van der Waals surface area contributed by atoms with Gasteiger partial charge in [-0.2, -0.15) is 4.98 Å². The van der Waals surface area contributed by atoms with Crippen LogP contribution in [0.5, 0.6) is 0 Å². The second-order valence-electron chi connectivity index (χ2n) is 5.56. The van der Waals surface area contributed by atoms with Gasteiger partial charge in [0.2, 0.25) is 11.8 Å². The third kappa shape index (κ3) is 2.26. The van der Waals surface area contributed by atoms with Gasteiger partial charge in [-0.05, 0) is 38.0 Å². The van der Waals surface area contributed by atoms with E-state index in [1.807, 2.05) is 0 Å². The molecule has 0 aromatic carbocycles. The van der Waals surface area contributed by atoms with Gasteiger partial charge in [0.1, 0.15) is 0 Å². The third-order valence-corrected chi connectivity index (χ3v) is 4.28. The number of rotatable bonds is 4. The molecule has 1 amide bonds. The summed E-state index contributed by atoms with van der Waals surface area (Å²) >= 11 is 0. The van der Waals surface area contributed by atoms with Crippen LogP contribution in [-0.4, -0.2) is 22.6 Å². The largest absolute Gasteiger partial charge is 0.355 e. The van der Waals surface area contributed by atoms with Gasteiger partial charge in [-0.25, -0.2) is 0 Å². The van der Waals surface area contributed by atoms with E-state index in [4.69, 9.17) is 4.52 Å². The summed E-state index contributed by atoms with van der Waals surface area (Å²) in [7, 11) is 0. The van der Waals surface area contributed by atoms with Crippen LogP contribution < -0.4 is 5.32 Å². The molecule has 5 nitrogen and oxygen atoms in total. The highest BCUT2D eigenvalue weighted by Crippen LogP contribution is 2.48. The number of aryl methyl sites for hydroxylation is 1. The predicted molar refractivity (Wildman–Crippen MR) is 64.7 cm³/mol. The van der Waals surface area contributed by atoms with E-state index < -0.39 is 0 Å². The summed E-state index contributed by atoms with van der Waals surface area (Å²) in [6, 6.07) is 0. The van der Waals surface area contributed by atoms with Crippen molar-refractivity contribution in [2.45, 2.75) is 39.0 Å². The summed E-state index contributed by atoms with van der Waals surface area (Å²) in [6.45, 7) is 2.38. The minimum atomic E-state index is 0.221. The molecule has 18 heavy (non-hydrogen) atoms. The van der Waals surface area contributed by atoms with Crippen molar-refractivity contribution in [3.63, 3.8) is 0 Å². The number of nitrogens with one attached hydrogen (secondary N) is 1. The third-order valence-electron chi connectivity index (χ3n) is 4.28. The first kappa shape index (κ1) is 11.7. The van der Waals surface area contributed by atoms with Crippen LogP contribution in [0.15, 0.2) is 4.52 Å². The lowest BCUT2D eigenvalue weighted by Crippen LogP contribution is -2.34. The summed E-state index contributed by atoms with van der Waals surface area (Å²) in [4.78, 5) is 16.2. The number of carbonyl (C=O) groups is 1. The fourth-order valence-corrected chi connectivity index (χ4v) is 3.43. The maximum atomic E-state index is 12.1. The Kier molecular flexibility index (Phi) is 3.06. The normalized spacial score (nSPS) is 29.7. The van der Waals surface area contributed by atoms with Crippen LogP contribution >= 0.6 is 0 Å². The van der Waals surface area contributed by atoms with Gasteiger partial charge in [-0.1, -0.05) is 11.6 Å². The van der Waals surface area contributed by atoms with Gasteiger partial charge >= 0.3 is 0 Å². The van der Waals surface area contributed by atoms with E-state index in [9.17, 15) is 4.79 Å². The molecule has 0 spiro atoms. The average molecular weight is 249 g/mol. The molecule has 98 valence electrons. The van der Waals surface area contributed by atoms with E-state index in [2.05, 4.69) is 15.5 Å². The average Bonchev–Trinajstić information content (AvgIpc) is 3.05. The molecule has 0 saturated heterocycles. The van der Waals surface area contributed by atoms with Gasteiger partial charge in [0.15, 0.2) is 5.82 Å². The fourth-order valence-electron chi connectivity index (χ4n) is 3.43. The maximum absolute atomic E-state index is 12.1. The smallest absolute Gasteiger partial charge is 0.228 e. The van der Waals surface area contributed by atoms with Gasteiger partial charge in [-0.15, -0.1) is 0 Å². The highest BCUT2D eigenvalue weighted by atomic mass is 16.5. The van der Waals surface area contributed by atoms with Crippen molar-refractivity contribution in [1.82, 2.24) is 15.5 Å². The van der Waals surface area contributed by atoms with Crippen LogP contribution in [0.25, 0.3) is 0 Å². The Balaban J connectivity index is 1.44. The summed E-state index contributed by atoms with van der Waals surface area (Å²) < 4.78 is 5.01. The first-order valence-electron chi connectivity index (χ1n) is 6.79. The SMILES string of the molecule is Cc1noc(CCNC(=O)[C@@H]2C[C@H]3CC[C@H]2C3)n1. The second-order valence-corrected chi connectivity index (χ2v) is 5.56. The number of fused-ring (bicyclic) bond motifs is 2. The number of hydrogen-bond acceptors (Lipinski definition) is 4. The van der Waals surface area contributed by atoms with Crippen molar-refractivity contribution >= 4 is 5.91 Å². The van der Waals surface area contributed by atoms with Crippen LogP contribution in [-0.2, 0) is 11.2 Å². The predicted octanol–water partition coefficient (Wildman–Crippen LogP) is 1.47. The second kappa shape index (κ2) is 4.71.